The minimum absolute atomic E-state index is 0.145. The van der Waals surface area contributed by atoms with E-state index in [-0.39, 0.29) is 6.42 Å². The van der Waals surface area contributed by atoms with Gasteiger partial charge in [0.05, 0.1) is 6.42 Å². The van der Waals surface area contributed by atoms with Gasteiger partial charge in [0, 0.05) is 0 Å². The van der Waals surface area contributed by atoms with Crippen LogP contribution in [0.25, 0.3) is 0 Å². The predicted octanol–water partition coefficient (Wildman–Crippen LogP) is -2.43. The monoisotopic (exact) mass is 172 g/mol. The Labute approximate surface area is 67.6 Å². The maximum absolute atomic E-state index is 10.8. The zero-order valence-electron chi connectivity index (χ0n) is 6.09. The van der Waals surface area contributed by atoms with Crippen molar-refractivity contribution in [2.75, 3.05) is 0 Å². The van der Waals surface area contributed by atoms with E-state index in [1.807, 2.05) is 10.7 Å². The lowest BCUT2D eigenvalue weighted by molar-refractivity contribution is -0.126. The fourth-order valence-electron chi connectivity index (χ4n) is 0.847. The predicted molar refractivity (Wildman–Crippen MR) is 37.4 cm³/mol. The molecule has 5 N–H and O–H groups in total. The van der Waals surface area contributed by atoms with E-state index >= 15 is 0 Å². The number of hydrogen-bond donors (Lipinski definition) is 4. The first kappa shape index (κ1) is 8.47. The second-order valence-corrected chi connectivity index (χ2v) is 2.29. The van der Waals surface area contributed by atoms with E-state index in [0.29, 0.717) is 0 Å². The first-order chi connectivity index (χ1) is 5.63. The van der Waals surface area contributed by atoms with E-state index in [2.05, 4.69) is 5.32 Å². The van der Waals surface area contributed by atoms with Crippen LogP contribution in [0.4, 0.5) is 4.79 Å². The Morgan fingerprint density at radius 3 is 2.67 bits per heavy atom. The Bertz CT molecular complexity index is 239. The molecule has 66 valence electrons. The number of urea groups is 1. The molecule has 0 aliphatic carbocycles. The van der Waals surface area contributed by atoms with Crippen molar-refractivity contribution >= 4 is 17.8 Å². The molecule has 1 aliphatic heterocycles. The second kappa shape index (κ2) is 3.18. The van der Waals surface area contributed by atoms with E-state index in [1.54, 1.807) is 0 Å². The normalized spacial score (nSPS) is 21.6. The molecule has 4 amide bonds. The highest BCUT2D eigenvalue weighted by molar-refractivity contribution is 6.05. The van der Waals surface area contributed by atoms with Crippen molar-refractivity contribution in [3.05, 3.63) is 0 Å². The number of carbonyl (C=O) groups is 3. The van der Waals surface area contributed by atoms with Crippen LogP contribution in [0.5, 0.6) is 0 Å². The lowest BCUT2D eigenvalue weighted by Gasteiger charge is -2.03. The molecule has 0 spiro atoms. The molecule has 0 radical (unpaired) electrons. The van der Waals surface area contributed by atoms with E-state index < -0.39 is 23.9 Å². The fraction of sp³-hybridized carbons (Fsp3) is 0.400. The number of nitrogens with one attached hydrogen (secondary N) is 3. The number of amides is 4. The summed E-state index contributed by atoms with van der Waals surface area (Å²) < 4.78 is 0. The van der Waals surface area contributed by atoms with Gasteiger partial charge < -0.3 is 5.32 Å². The smallest absolute Gasteiger partial charge is 0.322 e. The third-order valence-corrected chi connectivity index (χ3v) is 1.41. The molecule has 0 saturated carbocycles. The highest BCUT2D eigenvalue weighted by atomic mass is 16.2. The summed E-state index contributed by atoms with van der Waals surface area (Å²) in [6.07, 6.45) is -0.145. The summed E-state index contributed by atoms with van der Waals surface area (Å²) in [5.41, 5.74) is 1.86. The molecule has 1 atom stereocenters. The highest BCUT2D eigenvalue weighted by Gasteiger charge is 2.30. The SMILES string of the molecule is NNC(=O)C[C@@H]1NC(=O)NC1=O. The van der Waals surface area contributed by atoms with Crippen LogP contribution >= 0.6 is 0 Å². The minimum atomic E-state index is -0.805. The molecule has 7 nitrogen and oxygen atoms in total. The van der Waals surface area contributed by atoms with Gasteiger partial charge in [-0.3, -0.25) is 20.3 Å². The van der Waals surface area contributed by atoms with Crippen LogP contribution in [0.15, 0.2) is 0 Å². The van der Waals surface area contributed by atoms with Crippen molar-refractivity contribution in [2.45, 2.75) is 12.5 Å². The maximum Gasteiger partial charge on any atom is 0.322 e. The van der Waals surface area contributed by atoms with E-state index in [0.717, 1.165) is 0 Å². The summed E-state index contributed by atoms with van der Waals surface area (Å²) in [6.45, 7) is 0. The Hall–Kier alpha value is -1.63. The van der Waals surface area contributed by atoms with Crippen molar-refractivity contribution in [3.8, 4) is 0 Å². The molecule has 0 aromatic heterocycles. The third-order valence-electron chi connectivity index (χ3n) is 1.41. The summed E-state index contributed by atoms with van der Waals surface area (Å²) in [5.74, 6) is 3.77. The first-order valence-electron chi connectivity index (χ1n) is 3.24. The fourth-order valence-corrected chi connectivity index (χ4v) is 0.847. The van der Waals surface area contributed by atoms with Crippen molar-refractivity contribution < 1.29 is 14.4 Å². The molecule has 0 unspecified atom stereocenters. The Morgan fingerprint density at radius 1 is 1.58 bits per heavy atom. The number of hydrazine groups is 1. The lowest BCUT2D eigenvalue weighted by atomic mass is 10.2. The molecule has 1 heterocycles. The highest BCUT2D eigenvalue weighted by Crippen LogP contribution is 1.97. The molecule has 1 rings (SSSR count). The summed E-state index contributed by atoms with van der Waals surface area (Å²) in [6, 6.07) is -1.39. The molecule has 0 aromatic carbocycles. The van der Waals surface area contributed by atoms with Crippen LogP contribution in [0.1, 0.15) is 6.42 Å². The third kappa shape index (κ3) is 1.70. The van der Waals surface area contributed by atoms with Crippen LogP contribution < -0.4 is 21.9 Å². The van der Waals surface area contributed by atoms with Gasteiger partial charge in [0.1, 0.15) is 6.04 Å². The van der Waals surface area contributed by atoms with Crippen LogP contribution in [-0.4, -0.2) is 23.9 Å². The average Bonchev–Trinajstić information content (AvgIpc) is 2.30. The maximum atomic E-state index is 10.8. The number of hydrogen-bond acceptors (Lipinski definition) is 4. The van der Waals surface area contributed by atoms with Gasteiger partial charge in [0.25, 0.3) is 5.91 Å². The number of nitrogens with two attached hydrogens (primary N) is 1. The average molecular weight is 172 g/mol. The van der Waals surface area contributed by atoms with Crippen LogP contribution in [0.2, 0.25) is 0 Å². The van der Waals surface area contributed by atoms with Crippen LogP contribution in [-0.2, 0) is 9.59 Å². The Kier molecular flexibility index (Phi) is 2.24. The van der Waals surface area contributed by atoms with Crippen molar-refractivity contribution in [2.24, 2.45) is 5.84 Å². The second-order valence-electron chi connectivity index (χ2n) is 2.29. The Balaban J connectivity index is 2.48. The Morgan fingerprint density at radius 2 is 2.25 bits per heavy atom. The van der Waals surface area contributed by atoms with Gasteiger partial charge in [-0.05, 0) is 0 Å². The minimum Gasteiger partial charge on any atom is -0.325 e. The molecule has 1 aliphatic rings. The van der Waals surface area contributed by atoms with E-state index in [9.17, 15) is 14.4 Å². The molecular formula is C5H8N4O3. The van der Waals surface area contributed by atoms with Crippen LogP contribution in [0, 0.1) is 0 Å². The lowest BCUT2D eigenvalue weighted by Crippen LogP contribution is -2.38. The zero-order valence-corrected chi connectivity index (χ0v) is 6.09. The number of carbonyl (C=O) groups excluding carboxylic acids is 3. The molecule has 12 heavy (non-hydrogen) atoms. The summed E-state index contributed by atoms with van der Waals surface area (Å²) in [7, 11) is 0. The summed E-state index contributed by atoms with van der Waals surface area (Å²) in [5, 5.41) is 4.24. The molecule has 0 aromatic rings. The standard InChI is InChI=1S/C5H8N4O3/c6-9-3(10)1-2-4(11)8-5(12)7-2/h2H,1,6H2,(H,9,10)(H2,7,8,11,12)/t2-/m0/s1. The van der Waals surface area contributed by atoms with Gasteiger partial charge in [0.2, 0.25) is 5.91 Å². The van der Waals surface area contributed by atoms with E-state index in [1.165, 1.54) is 0 Å². The zero-order chi connectivity index (χ0) is 9.14. The van der Waals surface area contributed by atoms with Crippen molar-refractivity contribution in [3.63, 3.8) is 0 Å². The van der Waals surface area contributed by atoms with Gasteiger partial charge in [-0.15, -0.1) is 0 Å². The van der Waals surface area contributed by atoms with Gasteiger partial charge in [-0.25, -0.2) is 10.6 Å². The number of rotatable bonds is 2. The molecule has 1 saturated heterocycles. The molecule has 1 fully saturated rings. The quantitative estimate of drug-likeness (QED) is 0.160. The molecule has 7 heteroatoms. The number of imide groups is 1. The van der Waals surface area contributed by atoms with Gasteiger partial charge >= 0.3 is 6.03 Å². The van der Waals surface area contributed by atoms with Gasteiger partial charge in [0.15, 0.2) is 0 Å². The van der Waals surface area contributed by atoms with Crippen molar-refractivity contribution in [1.82, 2.24) is 16.1 Å². The summed E-state index contributed by atoms with van der Waals surface area (Å²) in [4.78, 5) is 32.0. The summed E-state index contributed by atoms with van der Waals surface area (Å²) >= 11 is 0. The largest absolute Gasteiger partial charge is 0.325 e. The van der Waals surface area contributed by atoms with Gasteiger partial charge in [-0.2, -0.15) is 0 Å². The van der Waals surface area contributed by atoms with Crippen LogP contribution in [0.3, 0.4) is 0 Å². The van der Waals surface area contributed by atoms with Gasteiger partial charge in [-0.1, -0.05) is 0 Å². The van der Waals surface area contributed by atoms with E-state index in [4.69, 9.17) is 5.84 Å². The topological polar surface area (TPSA) is 113 Å². The molecular weight excluding hydrogens is 164 g/mol. The first-order valence-corrected chi connectivity index (χ1v) is 3.24. The van der Waals surface area contributed by atoms with Crippen molar-refractivity contribution in [1.29, 1.82) is 0 Å². The molecule has 0 bridgehead atoms.